The molecule has 0 spiro atoms. The average Bonchev–Trinajstić information content (AvgIpc) is 3.03. The number of esters is 1. The molecule has 0 bridgehead atoms. The third-order valence-corrected chi connectivity index (χ3v) is 3.78. The first-order valence-electron chi connectivity index (χ1n) is 7.43. The Morgan fingerprint density at radius 3 is 2.76 bits per heavy atom. The number of aromatic amines is 1. The fourth-order valence-electron chi connectivity index (χ4n) is 2.54. The zero-order valence-electron chi connectivity index (χ0n) is 13.3. The van der Waals surface area contributed by atoms with Gasteiger partial charge in [0.15, 0.2) is 18.9 Å². The van der Waals surface area contributed by atoms with E-state index in [9.17, 15) is 19.2 Å². The SMILES string of the molecule is CC(C)C(=O)OC[C@@]1(F)O[C@@H](n2ccc(=O)[nH]c2=O)[C@@H]2OC(=O)O[C@@H]21. The van der Waals surface area contributed by atoms with Gasteiger partial charge in [-0.3, -0.25) is 19.1 Å². The van der Waals surface area contributed by atoms with E-state index in [-0.39, 0.29) is 0 Å². The number of H-pyrrole nitrogens is 1. The van der Waals surface area contributed by atoms with Gasteiger partial charge in [-0.05, 0) is 0 Å². The third kappa shape index (κ3) is 3.02. The second-order valence-electron chi connectivity index (χ2n) is 5.95. The van der Waals surface area contributed by atoms with Gasteiger partial charge in [0.2, 0.25) is 6.10 Å². The van der Waals surface area contributed by atoms with Gasteiger partial charge in [-0.2, -0.15) is 0 Å². The first kappa shape index (κ1) is 17.1. The van der Waals surface area contributed by atoms with Gasteiger partial charge in [-0.1, -0.05) is 13.8 Å². The van der Waals surface area contributed by atoms with Gasteiger partial charge in [0.1, 0.15) is 0 Å². The Morgan fingerprint density at radius 2 is 2.12 bits per heavy atom. The summed E-state index contributed by atoms with van der Waals surface area (Å²) < 4.78 is 35.7. The molecule has 2 aliphatic rings. The Bertz CT molecular complexity index is 818. The summed E-state index contributed by atoms with van der Waals surface area (Å²) in [6.07, 6.45) is -4.30. The molecule has 1 N–H and O–H groups in total. The molecule has 2 aliphatic heterocycles. The predicted molar refractivity (Wildman–Crippen MR) is 76.2 cm³/mol. The highest BCUT2D eigenvalue weighted by Crippen LogP contribution is 2.44. The van der Waals surface area contributed by atoms with E-state index in [0.29, 0.717) is 0 Å². The lowest BCUT2D eigenvalue weighted by molar-refractivity contribution is -0.220. The van der Waals surface area contributed by atoms with Gasteiger partial charge >= 0.3 is 17.8 Å². The summed E-state index contributed by atoms with van der Waals surface area (Å²) in [6, 6.07) is 1.02. The van der Waals surface area contributed by atoms with Crippen LogP contribution in [-0.2, 0) is 23.7 Å². The minimum absolute atomic E-state index is 0.499. The van der Waals surface area contributed by atoms with Crippen LogP contribution in [0.5, 0.6) is 0 Å². The van der Waals surface area contributed by atoms with Crippen molar-refractivity contribution in [3.05, 3.63) is 33.1 Å². The lowest BCUT2D eigenvalue weighted by Crippen LogP contribution is -2.43. The molecule has 0 saturated carbocycles. The molecule has 0 radical (unpaired) electrons. The first-order chi connectivity index (χ1) is 11.7. The Labute approximate surface area is 139 Å². The second-order valence-corrected chi connectivity index (χ2v) is 5.95. The third-order valence-electron chi connectivity index (χ3n) is 3.78. The molecule has 0 aliphatic carbocycles. The van der Waals surface area contributed by atoms with Gasteiger partial charge in [0, 0.05) is 12.3 Å². The zero-order chi connectivity index (χ0) is 18.4. The minimum atomic E-state index is -2.71. The van der Waals surface area contributed by atoms with Crippen molar-refractivity contribution in [2.45, 2.75) is 38.1 Å². The van der Waals surface area contributed by atoms with E-state index in [2.05, 4.69) is 0 Å². The van der Waals surface area contributed by atoms with Crippen LogP contribution in [0.3, 0.4) is 0 Å². The van der Waals surface area contributed by atoms with Crippen molar-refractivity contribution in [2.24, 2.45) is 5.92 Å². The maximum atomic E-state index is 15.2. The van der Waals surface area contributed by atoms with Crippen LogP contribution in [0.2, 0.25) is 0 Å². The summed E-state index contributed by atoms with van der Waals surface area (Å²) in [7, 11) is 0. The van der Waals surface area contributed by atoms with Crippen molar-refractivity contribution in [1.29, 1.82) is 0 Å². The molecule has 3 heterocycles. The molecule has 1 aromatic rings. The lowest BCUT2D eigenvalue weighted by Gasteiger charge is -2.23. The van der Waals surface area contributed by atoms with Crippen molar-refractivity contribution in [2.75, 3.05) is 6.61 Å². The Balaban J connectivity index is 1.89. The molecular formula is C14H15FN2O8. The number of nitrogens with zero attached hydrogens (tertiary/aromatic N) is 1. The molecule has 136 valence electrons. The van der Waals surface area contributed by atoms with Crippen molar-refractivity contribution in [3.63, 3.8) is 0 Å². The number of hydrogen-bond acceptors (Lipinski definition) is 8. The normalized spacial score (nSPS) is 30.7. The highest BCUT2D eigenvalue weighted by molar-refractivity contribution is 5.71. The van der Waals surface area contributed by atoms with Crippen LogP contribution in [0.1, 0.15) is 20.1 Å². The fourth-order valence-corrected chi connectivity index (χ4v) is 2.54. The predicted octanol–water partition coefficient (Wildman–Crippen LogP) is -0.166. The van der Waals surface area contributed by atoms with Crippen molar-refractivity contribution >= 4 is 12.1 Å². The largest absolute Gasteiger partial charge is 0.509 e. The van der Waals surface area contributed by atoms with Gasteiger partial charge in [0.25, 0.3) is 11.4 Å². The van der Waals surface area contributed by atoms with Crippen LogP contribution in [0.25, 0.3) is 0 Å². The van der Waals surface area contributed by atoms with Crippen LogP contribution in [0.4, 0.5) is 9.18 Å². The zero-order valence-corrected chi connectivity index (χ0v) is 13.3. The topological polar surface area (TPSA) is 126 Å². The smallest absolute Gasteiger partial charge is 0.459 e. The van der Waals surface area contributed by atoms with Gasteiger partial charge in [0.05, 0.1) is 5.92 Å². The van der Waals surface area contributed by atoms with E-state index in [1.807, 2.05) is 4.98 Å². The van der Waals surface area contributed by atoms with Crippen LogP contribution < -0.4 is 11.2 Å². The lowest BCUT2D eigenvalue weighted by atomic mass is 10.1. The molecule has 10 nitrogen and oxygen atoms in total. The number of rotatable bonds is 4. The quantitative estimate of drug-likeness (QED) is 0.736. The maximum Gasteiger partial charge on any atom is 0.509 e. The number of carbonyl (C=O) groups is 2. The molecule has 4 atom stereocenters. The van der Waals surface area contributed by atoms with Crippen molar-refractivity contribution < 1.29 is 32.9 Å². The molecule has 11 heteroatoms. The van der Waals surface area contributed by atoms with Crippen molar-refractivity contribution in [1.82, 2.24) is 9.55 Å². The summed E-state index contributed by atoms with van der Waals surface area (Å²) >= 11 is 0. The second kappa shape index (κ2) is 5.99. The van der Waals surface area contributed by atoms with Gasteiger partial charge in [-0.25, -0.2) is 14.0 Å². The Morgan fingerprint density at radius 1 is 1.40 bits per heavy atom. The van der Waals surface area contributed by atoms with Crippen LogP contribution in [0.15, 0.2) is 21.9 Å². The number of aromatic nitrogens is 2. The highest BCUT2D eigenvalue weighted by Gasteiger charge is 2.65. The van der Waals surface area contributed by atoms with Gasteiger partial charge < -0.3 is 18.9 Å². The minimum Gasteiger partial charge on any atom is -0.459 e. The van der Waals surface area contributed by atoms with E-state index in [1.54, 1.807) is 13.8 Å². The maximum absolute atomic E-state index is 15.2. The summed E-state index contributed by atoms with van der Waals surface area (Å²) in [4.78, 5) is 48.0. The number of carbonyl (C=O) groups excluding carboxylic acids is 2. The first-order valence-corrected chi connectivity index (χ1v) is 7.43. The number of nitrogens with one attached hydrogen (secondary N) is 1. The van der Waals surface area contributed by atoms with Crippen LogP contribution >= 0.6 is 0 Å². The molecule has 0 aromatic carbocycles. The monoisotopic (exact) mass is 358 g/mol. The standard InChI is InChI=1S/C14H15FN2O8/c1-6(2)11(19)22-5-14(15)9-8(23-13(21)24-9)10(25-14)17-4-3-7(18)16-12(17)20/h3-4,6,8-10H,5H2,1-2H3,(H,16,18,20)/t8-,9+,10-,14-/m1/s1. The Hall–Kier alpha value is -2.69. The number of alkyl halides is 1. The molecule has 1 aromatic heterocycles. The summed E-state index contributed by atoms with van der Waals surface area (Å²) in [5.41, 5.74) is -1.55. The molecule has 25 heavy (non-hydrogen) atoms. The molecule has 2 fully saturated rings. The molecule has 3 rings (SSSR count). The van der Waals surface area contributed by atoms with E-state index < -0.39 is 60.2 Å². The molecular weight excluding hydrogens is 343 g/mol. The average molecular weight is 358 g/mol. The van der Waals surface area contributed by atoms with E-state index in [0.717, 1.165) is 16.8 Å². The summed E-state index contributed by atoms with van der Waals surface area (Å²) in [5.74, 6) is -3.88. The highest BCUT2D eigenvalue weighted by atomic mass is 19.2. The molecule has 2 saturated heterocycles. The fraction of sp³-hybridized carbons (Fsp3) is 0.571. The molecule has 0 unspecified atom stereocenters. The molecule has 0 amide bonds. The number of hydrogen-bond donors (Lipinski definition) is 1. The van der Waals surface area contributed by atoms with Crippen LogP contribution in [0, 0.1) is 5.92 Å². The van der Waals surface area contributed by atoms with E-state index >= 15 is 4.39 Å². The van der Waals surface area contributed by atoms with E-state index in [1.165, 1.54) is 0 Å². The Kier molecular flexibility index (Phi) is 4.11. The summed E-state index contributed by atoms with van der Waals surface area (Å²) in [6.45, 7) is 2.27. The van der Waals surface area contributed by atoms with E-state index in [4.69, 9.17) is 18.9 Å². The van der Waals surface area contributed by atoms with Crippen molar-refractivity contribution in [3.8, 4) is 0 Å². The van der Waals surface area contributed by atoms with Crippen LogP contribution in [-0.4, -0.2) is 46.3 Å². The summed E-state index contributed by atoms with van der Waals surface area (Å²) in [5, 5.41) is 0. The van der Waals surface area contributed by atoms with Gasteiger partial charge in [-0.15, -0.1) is 0 Å². The number of halogens is 1. The number of ether oxygens (including phenoxy) is 4. The number of fused-ring (bicyclic) bond motifs is 1.